The number of aliphatic hydroxyl groups is 1. The highest BCUT2D eigenvalue weighted by Gasteiger charge is 2.05. The maximum absolute atomic E-state index is 12.0. The summed E-state index contributed by atoms with van der Waals surface area (Å²) in [6.07, 6.45) is 1.33. The van der Waals surface area contributed by atoms with Crippen molar-refractivity contribution >= 4 is 28.6 Å². The van der Waals surface area contributed by atoms with Crippen molar-refractivity contribution in [1.82, 2.24) is 9.97 Å². The molecular weight excluding hydrogens is 266 g/mol. The van der Waals surface area contributed by atoms with Crippen LogP contribution in [0.2, 0.25) is 0 Å². The largest absolute Gasteiger partial charge is 0.507 e. The van der Waals surface area contributed by atoms with Gasteiger partial charge in [-0.25, -0.2) is 4.98 Å². The van der Waals surface area contributed by atoms with Gasteiger partial charge in [-0.2, -0.15) is 0 Å². The second kappa shape index (κ2) is 5.13. The Morgan fingerprint density at radius 2 is 2.00 bits per heavy atom. The summed E-state index contributed by atoms with van der Waals surface area (Å²) >= 11 is 0. The minimum Gasteiger partial charge on any atom is -0.507 e. The third kappa shape index (κ3) is 2.62. The highest BCUT2D eigenvalue weighted by molar-refractivity contribution is 5.79. The van der Waals surface area contributed by atoms with E-state index in [9.17, 15) is 9.90 Å². The van der Waals surface area contributed by atoms with Crippen molar-refractivity contribution in [2.24, 2.45) is 0 Å². The number of nitrogens with zero attached hydrogens (tertiary/aromatic N) is 1. The Bertz CT molecular complexity index is 897. The van der Waals surface area contributed by atoms with Crippen LogP contribution < -0.4 is 11.3 Å². The number of para-hydroxylation sites is 2. The number of fused-ring (bicyclic) bond motifs is 1. The first-order chi connectivity index (χ1) is 10.1. The lowest BCUT2D eigenvalue weighted by Gasteiger charge is -2.02. The predicted octanol–water partition coefficient (Wildman–Crippen LogP) is 2.56. The molecule has 0 bridgehead atoms. The average Bonchev–Trinajstić information content (AvgIpc) is 2.48. The number of aliphatic hydroxyl groups excluding tert-OH is 1. The van der Waals surface area contributed by atoms with Crippen molar-refractivity contribution < 1.29 is 5.11 Å². The number of anilines is 1. The van der Waals surface area contributed by atoms with Crippen LogP contribution in [0.5, 0.6) is 0 Å². The van der Waals surface area contributed by atoms with Crippen LogP contribution in [0.1, 0.15) is 11.3 Å². The molecule has 0 unspecified atom stereocenters. The minimum atomic E-state index is -0.357. The number of hydrogen-bond acceptors (Lipinski definition) is 4. The van der Waals surface area contributed by atoms with E-state index in [0.29, 0.717) is 22.3 Å². The van der Waals surface area contributed by atoms with Crippen LogP contribution in [0.15, 0.2) is 53.3 Å². The van der Waals surface area contributed by atoms with Crippen molar-refractivity contribution in [3.05, 3.63) is 70.1 Å². The molecule has 0 saturated heterocycles. The Labute approximate surface area is 120 Å². The molecule has 21 heavy (non-hydrogen) atoms. The zero-order valence-electron chi connectivity index (χ0n) is 11.1. The number of hydrogen-bond donors (Lipinski definition) is 3. The summed E-state index contributed by atoms with van der Waals surface area (Å²) in [6, 6.07) is 14.0. The summed E-state index contributed by atoms with van der Waals surface area (Å²) in [5, 5.41) is 10.1. The van der Waals surface area contributed by atoms with Gasteiger partial charge in [0.1, 0.15) is 11.5 Å². The van der Waals surface area contributed by atoms with Gasteiger partial charge in [-0.1, -0.05) is 24.3 Å². The number of benzene rings is 2. The fraction of sp³-hybridized carbons (Fsp3) is 0. The molecule has 0 aliphatic carbocycles. The van der Waals surface area contributed by atoms with Crippen LogP contribution in [0, 0.1) is 0 Å². The van der Waals surface area contributed by atoms with Crippen LogP contribution in [-0.4, -0.2) is 15.1 Å². The van der Waals surface area contributed by atoms with E-state index in [1.165, 1.54) is 6.08 Å². The Morgan fingerprint density at radius 1 is 1.19 bits per heavy atom. The van der Waals surface area contributed by atoms with Crippen LogP contribution in [0.25, 0.3) is 22.9 Å². The standard InChI is InChI=1S/C16H13N3O2/c17-11-5-3-4-10(8-11)15(20)9-14-16(21)19-13-7-2-1-6-12(13)18-14/h1-9,20H,17H2,(H,19,21)/b15-9-. The summed E-state index contributed by atoms with van der Waals surface area (Å²) in [4.78, 5) is 18.9. The van der Waals surface area contributed by atoms with E-state index in [2.05, 4.69) is 9.97 Å². The summed E-state index contributed by atoms with van der Waals surface area (Å²) in [5.41, 5.74) is 7.84. The third-order valence-corrected chi connectivity index (χ3v) is 3.08. The van der Waals surface area contributed by atoms with Crippen LogP contribution in [-0.2, 0) is 0 Å². The van der Waals surface area contributed by atoms with Gasteiger partial charge in [-0.05, 0) is 24.3 Å². The molecule has 3 rings (SSSR count). The van der Waals surface area contributed by atoms with E-state index in [1.54, 1.807) is 36.4 Å². The van der Waals surface area contributed by atoms with Gasteiger partial charge in [0.25, 0.3) is 5.56 Å². The highest BCUT2D eigenvalue weighted by Crippen LogP contribution is 2.16. The Hall–Kier alpha value is -3.08. The lowest BCUT2D eigenvalue weighted by Crippen LogP contribution is -2.12. The molecule has 0 saturated carbocycles. The number of nitrogen functional groups attached to an aromatic ring is 1. The second-order valence-corrected chi connectivity index (χ2v) is 4.62. The monoisotopic (exact) mass is 279 g/mol. The van der Waals surface area contributed by atoms with Gasteiger partial charge >= 0.3 is 0 Å². The molecule has 0 radical (unpaired) electrons. The van der Waals surface area contributed by atoms with Crippen molar-refractivity contribution in [3.63, 3.8) is 0 Å². The Balaban J connectivity index is 2.10. The van der Waals surface area contributed by atoms with Gasteiger partial charge in [-0.15, -0.1) is 0 Å². The number of aromatic amines is 1. The van der Waals surface area contributed by atoms with Crippen molar-refractivity contribution in [2.45, 2.75) is 0 Å². The first kappa shape index (κ1) is 12.9. The van der Waals surface area contributed by atoms with E-state index in [0.717, 1.165) is 0 Å². The first-order valence-electron chi connectivity index (χ1n) is 6.39. The van der Waals surface area contributed by atoms with Crippen molar-refractivity contribution in [1.29, 1.82) is 0 Å². The van der Waals surface area contributed by atoms with Gasteiger partial charge in [0, 0.05) is 17.3 Å². The smallest absolute Gasteiger partial charge is 0.274 e. The number of nitrogens with two attached hydrogens (primary N) is 1. The number of aromatic nitrogens is 2. The van der Waals surface area contributed by atoms with Crippen LogP contribution >= 0.6 is 0 Å². The van der Waals surface area contributed by atoms with E-state index in [4.69, 9.17) is 5.73 Å². The van der Waals surface area contributed by atoms with E-state index in [1.807, 2.05) is 12.1 Å². The van der Waals surface area contributed by atoms with E-state index < -0.39 is 0 Å². The molecule has 1 heterocycles. The Kier molecular flexibility index (Phi) is 3.16. The molecule has 0 amide bonds. The van der Waals surface area contributed by atoms with E-state index >= 15 is 0 Å². The van der Waals surface area contributed by atoms with Gasteiger partial charge < -0.3 is 15.8 Å². The zero-order chi connectivity index (χ0) is 14.8. The summed E-state index contributed by atoms with van der Waals surface area (Å²) in [7, 11) is 0. The third-order valence-electron chi connectivity index (χ3n) is 3.08. The fourth-order valence-corrected chi connectivity index (χ4v) is 2.05. The van der Waals surface area contributed by atoms with Crippen molar-refractivity contribution in [3.8, 4) is 0 Å². The maximum Gasteiger partial charge on any atom is 0.274 e. The molecule has 5 nitrogen and oxygen atoms in total. The minimum absolute atomic E-state index is 0.0596. The van der Waals surface area contributed by atoms with Crippen molar-refractivity contribution in [2.75, 3.05) is 5.73 Å². The van der Waals surface area contributed by atoms with Gasteiger partial charge in [0.05, 0.1) is 11.0 Å². The molecular formula is C16H13N3O2. The second-order valence-electron chi connectivity index (χ2n) is 4.62. The summed E-state index contributed by atoms with van der Waals surface area (Å²) in [5.74, 6) is -0.0596. The first-order valence-corrected chi connectivity index (χ1v) is 6.39. The maximum atomic E-state index is 12.0. The molecule has 0 aliphatic rings. The summed E-state index contributed by atoms with van der Waals surface area (Å²) in [6.45, 7) is 0. The quantitative estimate of drug-likeness (QED) is 0.496. The molecule has 1 aromatic heterocycles. The summed E-state index contributed by atoms with van der Waals surface area (Å²) < 4.78 is 0. The molecule has 3 aromatic rings. The Morgan fingerprint density at radius 3 is 2.81 bits per heavy atom. The SMILES string of the molecule is Nc1cccc(/C(O)=C/c2nc3ccccc3[nH]c2=O)c1. The zero-order valence-corrected chi connectivity index (χ0v) is 11.1. The molecule has 104 valence electrons. The fourth-order valence-electron chi connectivity index (χ4n) is 2.05. The molecule has 4 N–H and O–H groups in total. The lowest BCUT2D eigenvalue weighted by molar-refractivity contribution is 0.515. The molecule has 0 aliphatic heterocycles. The number of nitrogens with one attached hydrogen (secondary N) is 1. The van der Waals surface area contributed by atoms with Gasteiger partial charge in [0.15, 0.2) is 0 Å². The number of rotatable bonds is 2. The topological polar surface area (TPSA) is 92.0 Å². The lowest BCUT2D eigenvalue weighted by atomic mass is 10.1. The molecule has 0 spiro atoms. The van der Waals surface area contributed by atoms with Gasteiger partial charge in [-0.3, -0.25) is 4.79 Å². The highest BCUT2D eigenvalue weighted by atomic mass is 16.3. The molecule has 2 aromatic carbocycles. The van der Waals surface area contributed by atoms with E-state index in [-0.39, 0.29) is 17.0 Å². The normalized spacial score (nSPS) is 11.7. The van der Waals surface area contributed by atoms with Crippen LogP contribution in [0.4, 0.5) is 5.69 Å². The molecule has 0 fully saturated rings. The molecule has 5 heteroatoms. The van der Waals surface area contributed by atoms with Gasteiger partial charge in [0.2, 0.25) is 0 Å². The van der Waals surface area contributed by atoms with Crippen LogP contribution in [0.3, 0.4) is 0 Å². The average molecular weight is 279 g/mol. The molecule has 0 atom stereocenters. The predicted molar refractivity (Wildman–Crippen MR) is 83.7 cm³/mol. The number of H-pyrrole nitrogens is 1.